The minimum Gasteiger partial charge on any atom is -0.333 e. The number of rotatable bonds is 8. The van der Waals surface area contributed by atoms with E-state index in [1.807, 2.05) is 34.6 Å². The van der Waals surface area contributed by atoms with Crippen LogP contribution in [0.1, 0.15) is 51.7 Å². The van der Waals surface area contributed by atoms with Gasteiger partial charge in [-0.1, -0.05) is 57.5 Å². The van der Waals surface area contributed by atoms with Gasteiger partial charge in [-0.3, -0.25) is 14.8 Å². The van der Waals surface area contributed by atoms with Crippen LogP contribution in [0.25, 0.3) is 0 Å². The van der Waals surface area contributed by atoms with Crippen LogP contribution in [0, 0.1) is 18.3 Å². The number of hydroxylamine groups is 1. The summed E-state index contributed by atoms with van der Waals surface area (Å²) in [6.07, 6.45) is 1.99. The Kier molecular flexibility index (Phi) is 7.61. The first-order valence-electron chi connectivity index (χ1n) is 8.85. The fourth-order valence-electron chi connectivity index (χ4n) is 2.90. The zero-order valence-electron chi connectivity index (χ0n) is 16.3. The first kappa shape index (κ1) is 21.2. The molecule has 5 nitrogen and oxygen atoms in total. The molecule has 0 heterocycles. The van der Waals surface area contributed by atoms with Gasteiger partial charge in [0.1, 0.15) is 6.04 Å². The first-order valence-corrected chi connectivity index (χ1v) is 8.85. The molecule has 1 unspecified atom stereocenters. The second-order valence-electron chi connectivity index (χ2n) is 7.91. The van der Waals surface area contributed by atoms with Gasteiger partial charge in [0.2, 0.25) is 5.91 Å². The van der Waals surface area contributed by atoms with Crippen LogP contribution in [0.15, 0.2) is 24.3 Å². The molecule has 0 aliphatic heterocycles. The second-order valence-corrected chi connectivity index (χ2v) is 7.91. The molecular weight excluding hydrogens is 316 g/mol. The van der Waals surface area contributed by atoms with E-state index >= 15 is 0 Å². The summed E-state index contributed by atoms with van der Waals surface area (Å²) in [7, 11) is 1.64. The summed E-state index contributed by atoms with van der Waals surface area (Å²) in [5.74, 6) is -0.402. The van der Waals surface area contributed by atoms with E-state index in [9.17, 15) is 9.59 Å². The van der Waals surface area contributed by atoms with Crippen LogP contribution in [0.3, 0.4) is 0 Å². The molecule has 140 valence electrons. The average molecular weight is 348 g/mol. The lowest BCUT2D eigenvalue weighted by molar-refractivity contribution is -0.149. The number of amides is 2. The molecule has 0 bridgehead atoms. The molecule has 0 spiro atoms. The normalized spacial score (nSPS) is 12.8. The fraction of sp³-hybridized carbons (Fsp3) is 0.600. The highest BCUT2D eigenvalue weighted by Crippen LogP contribution is 2.27. The molecule has 0 radical (unpaired) electrons. The lowest BCUT2D eigenvalue weighted by atomic mass is 9.84. The highest BCUT2D eigenvalue weighted by atomic mass is 16.5. The predicted molar refractivity (Wildman–Crippen MR) is 99.2 cm³/mol. The highest BCUT2D eigenvalue weighted by molar-refractivity contribution is 5.89. The number of carbonyl (C=O) groups is 2. The van der Waals surface area contributed by atoms with E-state index in [1.54, 1.807) is 12.5 Å². The Morgan fingerprint density at radius 3 is 2.24 bits per heavy atom. The summed E-state index contributed by atoms with van der Waals surface area (Å²) in [5, 5.41) is 8.99. The third-order valence-electron chi connectivity index (χ3n) is 4.63. The standard InChI is InChI=1S/C20H32N2O3/c1-14(2)13-17(18(23)21-25)22(6)19(24)20(4,5)12-11-16-9-7-15(3)8-10-16/h7-10,14,17,25H,11-13H2,1-6H3,(H,21,23). The van der Waals surface area contributed by atoms with E-state index in [1.165, 1.54) is 16.0 Å². The lowest BCUT2D eigenvalue weighted by Gasteiger charge is -2.34. The van der Waals surface area contributed by atoms with E-state index < -0.39 is 17.4 Å². The Morgan fingerprint density at radius 2 is 1.76 bits per heavy atom. The fourth-order valence-corrected chi connectivity index (χ4v) is 2.90. The van der Waals surface area contributed by atoms with Crippen molar-refractivity contribution in [1.82, 2.24) is 10.4 Å². The highest BCUT2D eigenvalue weighted by Gasteiger charge is 2.36. The number of hydrogen-bond donors (Lipinski definition) is 2. The van der Waals surface area contributed by atoms with E-state index in [-0.39, 0.29) is 11.8 Å². The van der Waals surface area contributed by atoms with Gasteiger partial charge in [0.25, 0.3) is 5.91 Å². The van der Waals surface area contributed by atoms with Crippen molar-refractivity contribution in [3.8, 4) is 0 Å². The van der Waals surface area contributed by atoms with Gasteiger partial charge in [-0.05, 0) is 37.7 Å². The van der Waals surface area contributed by atoms with Crippen LogP contribution in [-0.4, -0.2) is 35.0 Å². The predicted octanol–water partition coefficient (Wildman–Crippen LogP) is 3.33. The molecule has 0 aromatic heterocycles. The van der Waals surface area contributed by atoms with E-state index in [0.717, 1.165) is 6.42 Å². The van der Waals surface area contributed by atoms with Gasteiger partial charge < -0.3 is 4.90 Å². The number of nitrogens with one attached hydrogen (secondary N) is 1. The summed E-state index contributed by atoms with van der Waals surface area (Å²) >= 11 is 0. The van der Waals surface area contributed by atoms with E-state index in [2.05, 4.69) is 24.3 Å². The Labute approximate surface area is 151 Å². The molecule has 5 heteroatoms. The maximum Gasteiger partial charge on any atom is 0.266 e. The van der Waals surface area contributed by atoms with Crippen LogP contribution in [-0.2, 0) is 16.0 Å². The summed E-state index contributed by atoms with van der Waals surface area (Å²) in [6, 6.07) is 7.64. The van der Waals surface area contributed by atoms with Gasteiger partial charge in [0.05, 0.1) is 0 Å². The van der Waals surface area contributed by atoms with Crippen molar-refractivity contribution in [2.45, 2.75) is 59.9 Å². The summed E-state index contributed by atoms with van der Waals surface area (Å²) in [4.78, 5) is 26.4. The second kappa shape index (κ2) is 8.99. The van der Waals surface area contributed by atoms with Gasteiger partial charge in [0.15, 0.2) is 0 Å². The van der Waals surface area contributed by atoms with Crippen molar-refractivity contribution >= 4 is 11.8 Å². The van der Waals surface area contributed by atoms with Crippen molar-refractivity contribution in [3.05, 3.63) is 35.4 Å². The number of hydrogen-bond acceptors (Lipinski definition) is 3. The van der Waals surface area contributed by atoms with E-state index in [0.29, 0.717) is 12.8 Å². The van der Waals surface area contributed by atoms with Gasteiger partial charge in [-0.2, -0.15) is 0 Å². The molecule has 1 atom stereocenters. The smallest absolute Gasteiger partial charge is 0.266 e. The molecule has 2 N–H and O–H groups in total. The monoisotopic (exact) mass is 348 g/mol. The molecule has 1 aromatic rings. The zero-order valence-corrected chi connectivity index (χ0v) is 16.3. The third-order valence-corrected chi connectivity index (χ3v) is 4.63. The molecule has 2 amide bonds. The van der Waals surface area contributed by atoms with Crippen molar-refractivity contribution in [2.75, 3.05) is 7.05 Å². The van der Waals surface area contributed by atoms with Gasteiger partial charge in [-0.15, -0.1) is 0 Å². The van der Waals surface area contributed by atoms with Crippen LogP contribution in [0.2, 0.25) is 0 Å². The van der Waals surface area contributed by atoms with Gasteiger partial charge in [0, 0.05) is 12.5 Å². The molecule has 1 aromatic carbocycles. The summed E-state index contributed by atoms with van der Waals surface area (Å²) in [6.45, 7) is 9.83. The van der Waals surface area contributed by atoms with Crippen molar-refractivity contribution in [2.24, 2.45) is 11.3 Å². The van der Waals surface area contributed by atoms with Gasteiger partial charge in [-0.25, -0.2) is 5.48 Å². The number of carbonyl (C=O) groups excluding carboxylic acids is 2. The quantitative estimate of drug-likeness (QED) is 0.559. The third kappa shape index (κ3) is 6.16. The zero-order chi connectivity index (χ0) is 19.2. The number of benzene rings is 1. The van der Waals surface area contributed by atoms with Crippen molar-refractivity contribution < 1.29 is 14.8 Å². The first-order chi connectivity index (χ1) is 11.6. The SMILES string of the molecule is Cc1ccc(CCC(C)(C)C(=O)N(C)C(CC(C)C)C(=O)NO)cc1. The molecule has 0 saturated heterocycles. The number of aryl methyl sites for hydroxylation is 2. The molecule has 0 fully saturated rings. The largest absolute Gasteiger partial charge is 0.333 e. The lowest BCUT2D eigenvalue weighted by Crippen LogP contribution is -2.51. The van der Waals surface area contributed by atoms with Crippen LogP contribution in [0.5, 0.6) is 0 Å². The minimum atomic E-state index is -0.670. The topological polar surface area (TPSA) is 69.6 Å². The van der Waals surface area contributed by atoms with Crippen LogP contribution < -0.4 is 5.48 Å². The maximum absolute atomic E-state index is 12.9. The number of nitrogens with zero attached hydrogens (tertiary/aromatic N) is 1. The Morgan fingerprint density at radius 1 is 1.20 bits per heavy atom. The summed E-state index contributed by atoms with van der Waals surface area (Å²) < 4.78 is 0. The van der Waals surface area contributed by atoms with Crippen molar-refractivity contribution in [1.29, 1.82) is 0 Å². The Balaban J connectivity index is 2.81. The number of likely N-dealkylation sites (N-methyl/N-ethyl adjacent to an activating group) is 1. The molecule has 0 aliphatic rings. The van der Waals surface area contributed by atoms with Crippen LogP contribution >= 0.6 is 0 Å². The summed E-state index contributed by atoms with van der Waals surface area (Å²) in [5.41, 5.74) is 3.50. The van der Waals surface area contributed by atoms with Crippen LogP contribution in [0.4, 0.5) is 0 Å². The van der Waals surface area contributed by atoms with E-state index in [4.69, 9.17) is 5.21 Å². The Hall–Kier alpha value is -1.88. The minimum absolute atomic E-state index is 0.0890. The average Bonchev–Trinajstić information content (AvgIpc) is 2.57. The molecule has 0 aliphatic carbocycles. The Bertz CT molecular complexity index is 579. The van der Waals surface area contributed by atoms with Crippen molar-refractivity contribution in [3.63, 3.8) is 0 Å². The maximum atomic E-state index is 12.9. The molecule has 1 rings (SSSR count). The van der Waals surface area contributed by atoms with Gasteiger partial charge >= 0.3 is 0 Å². The molecule has 25 heavy (non-hydrogen) atoms. The molecule has 0 saturated carbocycles. The molecular formula is C20H32N2O3.